The number of rotatable bonds is 5. The molecule has 0 aromatic heterocycles. The molecule has 1 heterocycles. The van der Waals surface area contributed by atoms with E-state index in [4.69, 9.17) is 4.74 Å². The second kappa shape index (κ2) is 7.43. The van der Waals surface area contributed by atoms with Gasteiger partial charge in [0, 0.05) is 11.9 Å². The molecule has 0 unspecified atom stereocenters. The van der Waals surface area contributed by atoms with Gasteiger partial charge in [0.15, 0.2) is 0 Å². The first-order valence-corrected chi connectivity index (χ1v) is 7.20. The lowest BCUT2D eigenvalue weighted by Gasteiger charge is -2.10. The third-order valence-corrected chi connectivity index (χ3v) is 3.21. The van der Waals surface area contributed by atoms with E-state index in [0.29, 0.717) is 18.6 Å². The van der Waals surface area contributed by atoms with E-state index < -0.39 is 0 Å². The van der Waals surface area contributed by atoms with Crippen LogP contribution in [0, 0.1) is 0 Å². The maximum atomic E-state index is 11.8. The smallest absolute Gasteiger partial charge is 0.339 e. The number of nitrogens with zero attached hydrogens (tertiary/aromatic N) is 1. The Hall–Kier alpha value is -2.36. The molecule has 0 spiro atoms. The summed E-state index contributed by atoms with van der Waals surface area (Å²) in [5, 5.41) is 3.31. The van der Waals surface area contributed by atoms with Gasteiger partial charge >= 0.3 is 5.97 Å². The number of aliphatic imine (C=N–C) groups is 1. The fourth-order valence-corrected chi connectivity index (χ4v) is 2.05. The number of allylic oxidation sites excluding steroid dienone is 2. The lowest BCUT2D eigenvalue weighted by molar-refractivity contribution is -0.137. The van der Waals surface area contributed by atoms with Crippen LogP contribution in [0.25, 0.3) is 0 Å². The zero-order valence-corrected chi connectivity index (χ0v) is 12.4. The SMILES string of the molecule is CCOC(=O)C1=CCC(CC)=C(Nc2ccccc2)N=C1. The Morgan fingerprint density at radius 1 is 1.29 bits per heavy atom. The number of benzene rings is 1. The van der Waals surface area contributed by atoms with Gasteiger partial charge in [0.25, 0.3) is 0 Å². The molecule has 0 amide bonds. The Morgan fingerprint density at radius 2 is 2.05 bits per heavy atom. The summed E-state index contributed by atoms with van der Waals surface area (Å²) in [6.07, 6.45) is 5.02. The molecule has 0 saturated heterocycles. The molecule has 0 fully saturated rings. The summed E-state index contributed by atoms with van der Waals surface area (Å²) in [6.45, 7) is 4.25. The molecule has 1 N–H and O–H groups in total. The molecule has 1 aromatic carbocycles. The standard InChI is InChI=1S/C17H20N2O2/c1-3-13-10-11-14(17(20)21-4-2)12-18-16(13)19-15-8-6-5-7-9-15/h5-9,11-12,19H,3-4,10H2,1-2H3. The summed E-state index contributed by atoms with van der Waals surface area (Å²) in [5.41, 5.74) is 2.65. The quantitative estimate of drug-likeness (QED) is 0.839. The minimum Gasteiger partial charge on any atom is -0.462 e. The Balaban J connectivity index is 2.18. The molecule has 4 heteroatoms. The van der Waals surface area contributed by atoms with Gasteiger partial charge in [-0.15, -0.1) is 0 Å². The molecule has 0 radical (unpaired) electrons. The van der Waals surface area contributed by atoms with Gasteiger partial charge in [-0.25, -0.2) is 9.79 Å². The molecule has 1 aliphatic rings. The first kappa shape index (κ1) is 15.0. The van der Waals surface area contributed by atoms with Gasteiger partial charge in [-0.3, -0.25) is 0 Å². The van der Waals surface area contributed by atoms with Crippen LogP contribution in [0.5, 0.6) is 0 Å². The van der Waals surface area contributed by atoms with E-state index in [1.165, 1.54) is 0 Å². The highest BCUT2D eigenvalue weighted by molar-refractivity contribution is 6.09. The molecular formula is C17H20N2O2. The van der Waals surface area contributed by atoms with E-state index in [2.05, 4.69) is 17.2 Å². The van der Waals surface area contributed by atoms with Crippen molar-refractivity contribution in [2.75, 3.05) is 11.9 Å². The average Bonchev–Trinajstić information content (AvgIpc) is 2.71. The predicted molar refractivity (Wildman–Crippen MR) is 85.2 cm³/mol. The molecule has 4 nitrogen and oxygen atoms in total. The molecule has 21 heavy (non-hydrogen) atoms. The Bertz CT molecular complexity index is 586. The summed E-state index contributed by atoms with van der Waals surface area (Å²) in [4.78, 5) is 16.2. The van der Waals surface area contributed by atoms with Crippen molar-refractivity contribution in [2.24, 2.45) is 4.99 Å². The minimum atomic E-state index is -0.322. The number of nitrogens with one attached hydrogen (secondary N) is 1. The molecule has 2 rings (SSSR count). The number of hydrogen-bond acceptors (Lipinski definition) is 4. The van der Waals surface area contributed by atoms with Gasteiger partial charge < -0.3 is 10.1 Å². The average molecular weight is 284 g/mol. The van der Waals surface area contributed by atoms with Crippen molar-refractivity contribution < 1.29 is 9.53 Å². The van der Waals surface area contributed by atoms with E-state index in [-0.39, 0.29) is 5.97 Å². The first-order valence-electron chi connectivity index (χ1n) is 7.20. The Labute approximate surface area is 125 Å². The largest absolute Gasteiger partial charge is 0.462 e. The monoisotopic (exact) mass is 284 g/mol. The van der Waals surface area contributed by atoms with Crippen molar-refractivity contribution in [1.82, 2.24) is 0 Å². The van der Waals surface area contributed by atoms with Crippen molar-refractivity contribution >= 4 is 17.9 Å². The third-order valence-electron chi connectivity index (χ3n) is 3.21. The molecule has 0 saturated carbocycles. The number of carbonyl (C=O) groups excluding carboxylic acids is 1. The molecule has 110 valence electrons. The van der Waals surface area contributed by atoms with E-state index in [1.54, 1.807) is 13.1 Å². The second-order valence-corrected chi connectivity index (χ2v) is 4.64. The van der Waals surface area contributed by atoms with Crippen LogP contribution in [0.2, 0.25) is 0 Å². The summed E-state index contributed by atoms with van der Waals surface area (Å²) < 4.78 is 5.02. The molecule has 1 aromatic rings. The van der Waals surface area contributed by atoms with Crippen LogP contribution >= 0.6 is 0 Å². The van der Waals surface area contributed by atoms with Crippen molar-refractivity contribution in [2.45, 2.75) is 26.7 Å². The number of ether oxygens (including phenoxy) is 1. The Morgan fingerprint density at radius 3 is 2.71 bits per heavy atom. The fourth-order valence-electron chi connectivity index (χ4n) is 2.05. The van der Waals surface area contributed by atoms with E-state index in [1.807, 2.05) is 36.4 Å². The summed E-state index contributed by atoms with van der Waals surface area (Å²) in [5.74, 6) is 0.483. The van der Waals surface area contributed by atoms with Gasteiger partial charge in [0.05, 0.1) is 12.2 Å². The number of anilines is 1. The number of hydrogen-bond donors (Lipinski definition) is 1. The second-order valence-electron chi connectivity index (χ2n) is 4.64. The van der Waals surface area contributed by atoms with Crippen LogP contribution in [-0.4, -0.2) is 18.8 Å². The van der Waals surface area contributed by atoms with E-state index in [9.17, 15) is 4.79 Å². The number of esters is 1. The van der Waals surface area contributed by atoms with Crippen molar-refractivity contribution in [3.05, 3.63) is 53.4 Å². The van der Waals surface area contributed by atoms with Crippen molar-refractivity contribution in [3.63, 3.8) is 0 Å². The summed E-state index contributed by atoms with van der Waals surface area (Å²) in [7, 11) is 0. The van der Waals surface area contributed by atoms with E-state index >= 15 is 0 Å². The lowest BCUT2D eigenvalue weighted by atomic mass is 10.1. The molecule has 0 aliphatic carbocycles. The van der Waals surface area contributed by atoms with Crippen LogP contribution in [0.1, 0.15) is 26.7 Å². The van der Waals surface area contributed by atoms with Gasteiger partial charge in [-0.05, 0) is 37.5 Å². The van der Waals surface area contributed by atoms with Crippen molar-refractivity contribution in [3.8, 4) is 0 Å². The highest BCUT2D eigenvalue weighted by Gasteiger charge is 2.13. The lowest BCUT2D eigenvalue weighted by Crippen LogP contribution is -2.08. The van der Waals surface area contributed by atoms with Crippen LogP contribution in [-0.2, 0) is 9.53 Å². The number of carbonyl (C=O) groups is 1. The van der Waals surface area contributed by atoms with Gasteiger partial charge in [-0.2, -0.15) is 0 Å². The van der Waals surface area contributed by atoms with E-state index in [0.717, 1.165) is 23.5 Å². The minimum absolute atomic E-state index is 0.322. The maximum absolute atomic E-state index is 11.8. The number of para-hydroxylation sites is 1. The molecule has 1 aliphatic heterocycles. The van der Waals surface area contributed by atoms with Crippen LogP contribution < -0.4 is 5.32 Å². The highest BCUT2D eigenvalue weighted by Crippen LogP contribution is 2.21. The highest BCUT2D eigenvalue weighted by atomic mass is 16.5. The van der Waals surface area contributed by atoms with Crippen LogP contribution in [0.3, 0.4) is 0 Å². The summed E-state index contributed by atoms with van der Waals surface area (Å²) >= 11 is 0. The van der Waals surface area contributed by atoms with Crippen molar-refractivity contribution in [1.29, 1.82) is 0 Å². The molecular weight excluding hydrogens is 264 g/mol. The molecule has 0 atom stereocenters. The maximum Gasteiger partial charge on any atom is 0.339 e. The zero-order valence-electron chi connectivity index (χ0n) is 12.4. The zero-order chi connectivity index (χ0) is 15.1. The topological polar surface area (TPSA) is 50.7 Å². The Kier molecular flexibility index (Phi) is 5.32. The molecule has 0 bridgehead atoms. The van der Waals surface area contributed by atoms with Gasteiger partial charge in [0.2, 0.25) is 0 Å². The normalized spacial score (nSPS) is 14.5. The van der Waals surface area contributed by atoms with Gasteiger partial charge in [-0.1, -0.05) is 31.2 Å². The fraction of sp³-hybridized carbons (Fsp3) is 0.294. The van der Waals surface area contributed by atoms with Gasteiger partial charge in [0.1, 0.15) is 5.82 Å². The van der Waals surface area contributed by atoms with Crippen LogP contribution in [0.4, 0.5) is 5.69 Å². The predicted octanol–water partition coefficient (Wildman–Crippen LogP) is 3.68. The van der Waals surface area contributed by atoms with Crippen LogP contribution in [0.15, 0.2) is 58.4 Å². The first-order chi connectivity index (χ1) is 10.2. The third kappa shape index (κ3) is 4.05. The summed E-state index contributed by atoms with van der Waals surface area (Å²) in [6, 6.07) is 9.88.